The van der Waals surface area contributed by atoms with Crippen LogP contribution in [-0.4, -0.2) is 87.5 Å². The Kier molecular flexibility index (Phi) is 52.5. The van der Waals surface area contributed by atoms with Crippen molar-refractivity contribution in [2.45, 2.75) is 391 Å². The smallest absolute Gasteiger partial charge is 0.220 e. The van der Waals surface area contributed by atoms with Gasteiger partial charge in [-0.1, -0.05) is 328 Å². The maximum absolute atomic E-state index is 13.1. The van der Waals surface area contributed by atoms with Crippen LogP contribution in [0.15, 0.2) is 0 Å². The molecule has 73 heavy (non-hydrogen) atoms. The number of unbranched alkanes of at least 4 members (excludes halogenated alkanes) is 48. The van der Waals surface area contributed by atoms with Crippen LogP contribution < -0.4 is 5.32 Å². The van der Waals surface area contributed by atoms with Crippen molar-refractivity contribution in [3.8, 4) is 0 Å². The summed E-state index contributed by atoms with van der Waals surface area (Å²) in [5.74, 6) is -0.135. The number of aliphatic hydroxyl groups excluding tert-OH is 5. The summed E-state index contributed by atoms with van der Waals surface area (Å²) in [7, 11) is 0. The molecule has 0 aromatic rings. The van der Waals surface area contributed by atoms with Crippen LogP contribution in [0.25, 0.3) is 0 Å². The number of hydrogen-bond acceptors (Lipinski definition) is 8. The summed E-state index contributed by atoms with van der Waals surface area (Å²) >= 11 is 0. The molecule has 0 bridgehead atoms. The average Bonchev–Trinajstić information content (AvgIpc) is 3.39. The number of nitrogens with one attached hydrogen (secondary N) is 1. The molecule has 0 saturated carbocycles. The summed E-state index contributed by atoms with van der Waals surface area (Å²) < 4.78 is 11.3. The van der Waals surface area contributed by atoms with Crippen molar-refractivity contribution in [2.75, 3.05) is 13.2 Å². The molecule has 436 valence electrons. The molecule has 2 unspecified atom stereocenters. The first-order chi connectivity index (χ1) is 35.8. The zero-order valence-corrected chi connectivity index (χ0v) is 48.7. The van der Waals surface area contributed by atoms with E-state index in [0.29, 0.717) is 12.8 Å². The molecule has 1 rings (SSSR count). The lowest BCUT2D eigenvalue weighted by atomic mass is 9.99. The van der Waals surface area contributed by atoms with E-state index in [1.165, 1.54) is 283 Å². The van der Waals surface area contributed by atoms with E-state index in [0.717, 1.165) is 38.5 Å². The van der Waals surface area contributed by atoms with Gasteiger partial charge in [0.05, 0.1) is 25.4 Å². The molecule has 9 nitrogen and oxygen atoms in total. The lowest BCUT2D eigenvalue weighted by molar-refractivity contribution is -0.302. The minimum absolute atomic E-state index is 0.131. The second-order valence-corrected chi connectivity index (χ2v) is 23.3. The molecule has 0 spiro atoms. The number of hydrogen-bond donors (Lipinski definition) is 6. The van der Waals surface area contributed by atoms with E-state index in [4.69, 9.17) is 9.47 Å². The van der Waals surface area contributed by atoms with E-state index in [1.54, 1.807) is 0 Å². The van der Waals surface area contributed by atoms with Gasteiger partial charge in [0.1, 0.15) is 24.4 Å². The van der Waals surface area contributed by atoms with Gasteiger partial charge in [-0.3, -0.25) is 4.79 Å². The number of rotatable bonds is 58. The van der Waals surface area contributed by atoms with Crippen LogP contribution in [-0.2, 0) is 14.3 Å². The number of aliphatic hydroxyl groups is 5. The van der Waals surface area contributed by atoms with Crippen LogP contribution in [0.5, 0.6) is 0 Å². The van der Waals surface area contributed by atoms with Crippen LogP contribution in [0.1, 0.15) is 348 Å². The van der Waals surface area contributed by atoms with Gasteiger partial charge in [-0.2, -0.15) is 0 Å². The molecule has 0 aromatic heterocycles. The van der Waals surface area contributed by atoms with Gasteiger partial charge >= 0.3 is 0 Å². The second kappa shape index (κ2) is 54.5. The summed E-state index contributed by atoms with van der Waals surface area (Å²) in [5.41, 5.74) is 0. The lowest BCUT2D eigenvalue weighted by Gasteiger charge is -2.40. The zero-order chi connectivity index (χ0) is 52.9. The maximum Gasteiger partial charge on any atom is 0.220 e. The summed E-state index contributed by atoms with van der Waals surface area (Å²) in [6, 6.07) is -0.714. The molecule has 0 aromatic carbocycles. The van der Waals surface area contributed by atoms with Crippen LogP contribution >= 0.6 is 0 Å². The highest BCUT2D eigenvalue weighted by atomic mass is 16.7. The van der Waals surface area contributed by atoms with Crippen molar-refractivity contribution in [1.82, 2.24) is 5.32 Å². The van der Waals surface area contributed by atoms with Crippen molar-refractivity contribution in [2.24, 2.45) is 0 Å². The van der Waals surface area contributed by atoms with Gasteiger partial charge in [0.2, 0.25) is 5.91 Å². The average molecular weight is 1040 g/mol. The highest BCUT2D eigenvalue weighted by Gasteiger charge is 2.44. The van der Waals surface area contributed by atoms with E-state index >= 15 is 0 Å². The Balaban J connectivity index is 2.06. The maximum atomic E-state index is 13.1. The molecule has 0 aliphatic carbocycles. The Morgan fingerprint density at radius 3 is 0.973 bits per heavy atom. The monoisotopic (exact) mass is 1040 g/mol. The van der Waals surface area contributed by atoms with E-state index < -0.39 is 49.5 Å². The molecule has 1 aliphatic heterocycles. The van der Waals surface area contributed by atoms with Crippen molar-refractivity contribution in [3.05, 3.63) is 0 Å². The summed E-state index contributed by atoms with van der Waals surface area (Å²) in [6.07, 6.45) is 60.3. The molecule has 1 aliphatic rings. The van der Waals surface area contributed by atoms with Gasteiger partial charge in [-0.05, 0) is 12.8 Å². The van der Waals surface area contributed by atoms with Crippen LogP contribution in [0, 0.1) is 0 Å². The van der Waals surface area contributed by atoms with Crippen LogP contribution in [0.3, 0.4) is 0 Å². The lowest BCUT2D eigenvalue weighted by Crippen LogP contribution is -2.60. The Bertz CT molecular complexity index is 1110. The number of amides is 1. The minimum Gasteiger partial charge on any atom is -0.394 e. The highest BCUT2D eigenvalue weighted by molar-refractivity contribution is 5.76. The first-order valence-electron chi connectivity index (χ1n) is 32.7. The van der Waals surface area contributed by atoms with Gasteiger partial charge in [-0.15, -0.1) is 0 Å². The second-order valence-electron chi connectivity index (χ2n) is 23.3. The molecule has 6 N–H and O–H groups in total. The van der Waals surface area contributed by atoms with E-state index in [2.05, 4.69) is 19.2 Å². The van der Waals surface area contributed by atoms with Gasteiger partial charge < -0.3 is 40.3 Å². The Hall–Kier alpha value is -0.810. The SMILES string of the molecule is CCCCCCCCCCCCCCCCCCCCCCCCCCCCCCCCCCCCC(=O)N[C@@H](CO[C@@H]1O[C@H](CO)[C@@H](O)C(O)C1O)[C@H](O)CCCCCCCCCCCCCCCCCC. The minimum atomic E-state index is -1.55. The van der Waals surface area contributed by atoms with Crippen molar-refractivity contribution < 1.29 is 39.8 Å². The fraction of sp³-hybridized carbons (Fsp3) is 0.984. The van der Waals surface area contributed by atoms with Crippen LogP contribution in [0.2, 0.25) is 0 Å². The van der Waals surface area contributed by atoms with E-state index in [-0.39, 0.29) is 12.5 Å². The van der Waals surface area contributed by atoms with Crippen molar-refractivity contribution in [3.63, 3.8) is 0 Å². The van der Waals surface area contributed by atoms with Crippen molar-refractivity contribution >= 4 is 5.91 Å². The third kappa shape index (κ3) is 43.8. The van der Waals surface area contributed by atoms with Gasteiger partial charge in [-0.25, -0.2) is 0 Å². The van der Waals surface area contributed by atoms with Crippen molar-refractivity contribution in [1.29, 1.82) is 0 Å². The molecule has 0 radical (unpaired) electrons. The van der Waals surface area contributed by atoms with E-state index in [9.17, 15) is 30.3 Å². The fourth-order valence-electron chi connectivity index (χ4n) is 11.0. The van der Waals surface area contributed by atoms with Gasteiger partial charge in [0.15, 0.2) is 6.29 Å². The number of ether oxygens (including phenoxy) is 2. The normalized spacial score (nSPS) is 18.9. The Morgan fingerprint density at radius 1 is 0.411 bits per heavy atom. The summed E-state index contributed by atoms with van der Waals surface area (Å²) in [6.45, 7) is 3.89. The standard InChI is InChI=1S/C64H127NO8/c1-3-5-7-9-11-13-15-17-19-21-22-23-24-25-26-27-28-29-30-31-32-33-34-35-36-37-38-40-42-44-46-48-50-52-54-60(68)65-57(56-72-64-63(71)62(70)61(69)59(55-66)73-64)58(67)53-51-49-47-45-43-41-39-20-18-16-14-12-10-8-6-4-2/h57-59,61-64,66-67,69-71H,3-56H2,1-2H3,(H,65,68)/t57-,58+,59+,61+,62?,63?,64+/m0/s1. The van der Waals surface area contributed by atoms with Gasteiger partial charge in [0, 0.05) is 6.42 Å². The van der Waals surface area contributed by atoms with E-state index in [1.807, 2.05) is 0 Å². The molecule has 1 saturated heterocycles. The van der Waals surface area contributed by atoms with Gasteiger partial charge in [0.25, 0.3) is 0 Å². The number of carbonyl (C=O) groups is 1. The largest absolute Gasteiger partial charge is 0.394 e. The molecule has 7 atom stereocenters. The first kappa shape index (κ1) is 70.2. The molecule has 1 amide bonds. The first-order valence-corrected chi connectivity index (χ1v) is 32.7. The highest BCUT2D eigenvalue weighted by Crippen LogP contribution is 2.24. The predicted octanol–water partition coefficient (Wildman–Crippen LogP) is 17.0. The predicted molar refractivity (Wildman–Crippen MR) is 309 cm³/mol. The molecular formula is C64H127NO8. The fourth-order valence-corrected chi connectivity index (χ4v) is 11.0. The molecule has 9 heteroatoms. The van der Waals surface area contributed by atoms with Crippen LogP contribution in [0.4, 0.5) is 0 Å². The molecular weight excluding hydrogens is 911 g/mol. The zero-order valence-electron chi connectivity index (χ0n) is 48.7. The third-order valence-electron chi connectivity index (χ3n) is 16.2. The number of carbonyl (C=O) groups excluding carboxylic acids is 1. The topological polar surface area (TPSA) is 149 Å². The Morgan fingerprint density at radius 2 is 0.685 bits per heavy atom. The Labute approximate surface area is 453 Å². The summed E-state index contributed by atoms with van der Waals surface area (Å²) in [5, 5.41) is 54.7. The summed E-state index contributed by atoms with van der Waals surface area (Å²) in [4.78, 5) is 13.1. The quantitative estimate of drug-likeness (QED) is 0.0330. The third-order valence-corrected chi connectivity index (χ3v) is 16.2. The molecule has 1 heterocycles. The molecule has 1 fully saturated rings.